The number of nitrogens with one attached hydrogen (secondary N) is 1. The van der Waals surface area contributed by atoms with Crippen molar-refractivity contribution < 1.29 is 18.6 Å². The third-order valence-electron chi connectivity index (χ3n) is 3.02. The van der Waals surface area contributed by atoms with Crippen molar-refractivity contribution >= 4 is 27.9 Å². The normalized spacial score (nSPS) is 13.2. The van der Waals surface area contributed by atoms with Crippen LogP contribution in [0, 0.1) is 0 Å². The quantitative estimate of drug-likeness (QED) is 0.448. The zero-order chi connectivity index (χ0) is 16.6. The number of hydrogen-bond acceptors (Lipinski definition) is 4. The summed E-state index contributed by atoms with van der Waals surface area (Å²) < 4.78 is 37.3. The van der Waals surface area contributed by atoms with E-state index in [1.54, 1.807) is 25.1 Å². The number of aliphatic hydroxyl groups excluding tert-OH is 1. The fourth-order valence-electron chi connectivity index (χ4n) is 1.86. The van der Waals surface area contributed by atoms with Crippen molar-refractivity contribution in [3.05, 3.63) is 28.2 Å². The van der Waals surface area contributed by atoms with E-state index >= 15 is 0 Å². The van der Waals surface area contributed by atoms with Crippen LogP contribution >= 0.6 is 27.9 Å². The Labute approximate surface area is 143 Å². The molecule has 0 aliphatic heterocycles. The van der Waals surface area contributed by atoms with Crippen molar-refractivity contribution in [1.82, 2.24) is 4.72 Å². The molecule has 1 aromatic carbocycles. The van der Waals surface area contributed by atoms with Gasteiger partial charge in [0.2, 0.25) is 0 Å². The van der Waals surface area contributed by atoms with Crippen LogP contribution in [0.2, 0.25) is 0 Å². The van der Waals surface area contributed by atoms with Crippen molar-refractivity contribution in [2.24, 2.45) is 0 Å². The zero-order valence-electron chi connectivity index (χ0n) is 12.7. The van der Waals surface area contributed by atoms with Crippen molar-refractivity contribution in [1.29, 1.82) is 0 Å². The van der Waals surface area contributed by atoms with E-state index < -0.39 is 18.6 Å². The van der Waals surface area contributed by atoms with E-state index in [1.165, 1.54) is 11.9 Å². The highest BCUT2D eigenvalue weighted by molar-refractivity contribution is 9.10. The van der Waals surface area contributed by atoms with Gasteiger partial charge in [0.1, 0.15) is 18.4 Å². The molecule has 7 heteroatoms. The molecule has 0 saturated heterocycles. The number of halogens is 3. The van der Waals surface area contributed by atoms with Gasteiger partial charge in [0.25, 0.3) is 5.92 Å². The molecule has 0 heterocycles. The van der Waals surface area contributed by atoms with Gasteiger partial charge in [0.05, 0.1) is 6.61 Å². The van der Waals surface area contributed by atoms with Gasteiger partial charge in [-0.3, -0.25) is 4.72 Å². The van der Waals surface area contributed by atoms with E-state index in [0.29, 0.717) is 22.4 Å². The number of ether oxygens (including phenoxy) is 1. The summed E-state index contributed by atoms with van der Waals surface area (Å²) in [5, 5.41) is 9.07. The fourth-order valence-corrected chi connectivity index (χ4v) is 3.25. The second kappa shape index (κ2) is 9.70. The van der Waals surface area contributed by atoms with Gasteiger partial charge in [-0.05, 0) is 31.5 Å². The van der Waals surface area contributed by atoms with Crippen LogP contribution in [0.1, 0.15) is 38.3 Å². The highest BCUT2D eigenvalue weighted by Crippen LogP contribution is 2.38. The van der Waals surface area contributed by atoms with Crippen molar-refractivity contribution in [2.45, 2.75) is 38.7 Å². The van der Waals surface area contributed by atoms with Gasteiger partial charge >= 0.3 is 0 Å². The first-order valence-corrected chi connectivity index (χ1v) is 9.02. The minimum Gasteiger partial charge on any atom is -0.494 e. The van der Waals surface area contributed by atoms with Crippen LogP contribution in [-0.4, -0.2) is 30.0 Å². The molecular formula is C15H22BrF2NO2S. The molecule has 0 radical (unpaired) electrons. The maximum atomic E-state index is 14.2. The van der Waals surface area contributed by atoms with Gasteiger partial charge in [0, 0.05) is 15.8 Å². The molecule has 2 N–H and O–H groups in total. The minimum atomic E-state index is -3.29. The third kappa shape index (κ3) is 5.68. The van der Waals surface area contributed by atoms with Crippen LogP contribution < -0.4 is 9.46 Å². The van der Waals surface area contributed by atoms with Crippen molar-refractivity contribution in [2.75, 3.05) is 19.0 Å². The second-order valence-corrected chi connectivity index (χ2v) is 6.64. The number of benzene rings is 1. The van der Waals surface area contributed by atoms with Crippen molar-refractivity contribution in [3.8, 4) is 5.75 Å². The minimum absolute atomic E-state index is 0.333. The first-order chi connectivity index (χ1) is 10.5. The lowest BCUT2D eigenvalue weighted by Crippen LogP contribution is -2.37. The molecular weight excluding hydrogens is 376 g/mol. The summed E-state index contributed by atoms with van der Waals surface area (Å²) in [6.07, 6.45) is 1.93. The molecule has 0 spiro atoms. The maximum absolute atomic E-state index is 14.2. The maximum Gasteiger partial charge on any atom is 0.290 e. The SMILES string of the molecule is CCCCSNC(c1cc(Br)ccc1OCC)C(F)(F)CO. The van der Waals surface area contributed by atoms with Crippen LogP contribution in [0.15, 0.2) is 22.7 Å². The second-order valence-electron chi connectivity index (χ2n) is 4.79. The zero-order valence-corrected chi connectivity index (χ0v) is 15.1. The van der Waals surface area contributed by atoms with E-state index in [2.05, 4.69) is 20.7 Å². The van der Waals surface area contributed by atoms with Crippen LogP contribution in [-0.2, 0) is 0 Å². The third-order valence-corrected chi connectivity index (χ3v) is 4.41. The van der Waals surface area contributed by atoms with E-state index in [9.17, 15) is 8.78 Å². The topological polar surface area (TPSA) is 41.5 Å². The number of aliphatic hydroxyl groups is 1. The number of alkyl halides is 2. The van der Waals surface area contributed by atoms with E-state index in [0.717, 1.165) is 18.6 Å². The Balaban J connectivity index is 3.06. The lowest BCUT2D eigenvalue weighted by molar-refractivity contribution is -0.0752. The number of unbranched alkanes of at least 4 members (excludes halogenated alkanes) is 1. The van der Waals surface area contributed by atoms with Gasteiger partial charge in [-0.1, -0.05) is 41.2 Å². The molecule has 0 aliphatic carbocycles. The Bertz CT molecular complexity index is 463. The average Bonchev–Trinajstić information content (AvgIpc) is 2.49. The van der Waals surface area contributed by atoms with Crippen LogP contribution in [0.25, 0.3) is 0 Å². The van der Waals surface area contributed by atoms with Gasteiger partial charge in [0.15, 0.2) is 0 Å². The van der Waals surface area contributed by atoms with Gasteiger partial charge in [-0.2, -0.15) is 0 Å². The molecule has 3 nitrogen and oxygen atoms in total. The number of rotatable bonds is 10. The van der Waals surface area contributed by atoms with E-state index in [-0.39, 0.29) is 0 Å². The molecule has 126 valence electrons. The summed E-state index contributed by atoms with van der Waals surface area (Å²) in [6.45, 7) is 3.00. The standard InChI is InChI=1S/C15H22BrF2NO2S/c1-3-5-8-22-19-14(15(17,18)10-20)12-9-11(16)6-7-13(12)21-4-2/h6-7,9,14,19-20H,3-5,8,10H2,1-2H3. The molecule has 1 aromatic rings. The predicted molar refractivity (Wildman–Crippen MR) is 90.6 cm³/mol. The number of hydrogen-bond donors (Lipinski definition) is 2. The molecule has 1 atom stereocenters. The lowest BCUT2D eigenvalue weighted by Gasteiger charge is -2.28. The largest absolute Gasteiger partial charge is 0.494 e. The lowest BCUT2D eigenvalue weighted by atomic mass is 10.0. The van der Waals surface area contributed by atoms with Crippen LogP contribution in [0.4, 0.5) is 8.78 Å². The van der Waals surface area contributed by atoms with Crippen LogP contribution in [0.3, 0.4) is 0 Å². The van der Waals surface area contributed by atoms with E-state index in [1.807, 2.05) is 6.92 Å². The monoisotopic (exact) mass is 397 g/mol. The van der Waals surface area contributed by atoms with E-state index in [4.69, 9.17) is 9.84 Å². The summed E-state index contributed by atoms with van der Waals surface area (Å²) in [4.78, 5) is 0. The van der Waals surface area contributed by atoms with Crippen molar-refractivity contribution in [3.63, 3.8) is 0 Å². The molecule has 0 fully saturated rings. The molecule has 0 saturated carbocycles. The molecule has 0 aliphatic rings. The Morgan fingerprint density at radius 2 is 2.14 bits per heavy atom. The highest BCUT2D eigenvalue weighted by Gasteiger charge is 2.41. The molecule has 1 rings (SSSR count). The Morgan fingerprint density at radius 3 is 2.73 bits per heavy atom. The summed E-state index contributed by atoms with van der Waals surface area (Å²) in [5.74, 6) is -2.16. The Hall–Kier alpha value is -0.370. The summed E-state index contributed by atoms with van der Waals surface area (Å²) in [7, 11) is 0. The predicted octanol–water partition coefficient (Wildman–Crippen LogP) is 4.55. The van der Waals surface area contributed by atoms with Gasteiger partial charge in [-0.15, -0.1) is 0 Å². The first-order valence-electron chi connectivity index (χ1n) is 7.24. The Morgan fingerprint density at radius 1 is 1.41 bits per heavy atom. The summed E-state index contributed by atoms with van der Waals surface area (Å²) in [5.41, 5.74) is 0.333. The highest BCUT2D eigenvalue weighted by atomic mass is 79.9. The van der Waals surface area contributed by atoms with Gasteiger partial charge in [-0.25, -0.2) is 8.78 Å². The summed E-state index contributed by atoms with van der Waals surface area (Å²) in [6, 6.07) is 3.68. The summed E-state index contributed by atoms with van der Waals surface area (Å²) >= 11 is 4.54. The molecule has 0 amide bonds. The van der Waals surface area contributed by atoms with Crippen LogP contribution in [0.5, 0.6) is 5.75 Å². The molecule has 1 unspecified atom stereocenters. The Kier molecular flexibility index (Phi) is 8.67. The molecule has 22 heavy (non-hydrogen) atoms. The average molecular weight is 398 g/mol. The molecule has 0 bridgehead atoms. The van der Waals surface area contributed by atoms with Gasteiger partial charge < -0.3 is 9.84 Å². The smallest absolute Gasteiger partial charge is 0.290 e. The first kappa shape index (κ1) is 19.7. The molecule has 0 aromatic heterocycles. The fraction of sp³-hybridized carbons (Fsp3) is 0.600.